The van der Waals surface area contributed by atoms with Crippen LogP contribution in [-0.4, -0.2) is 36.1 Å². The van der Waals surface area contributed by atoms with Crippen LogP contribution in [0.25, 0.3) is 10.9 Å². The maximum atomic E-state index is 5.91. The van der Waals surface area contributed by atoms with Gasteiger partial charge in [-0.15, -0.1) is 0 Å². The van der Waals surface area contributed by atoms with E-state index >= 15 is 0 Å². The van der Waals surface area contributed by atoms with Crippen molar-refractivity contribution in [3.63, 3.8) is 0 Å². The fourth-order valence-corrected chi connectivity index (χ4v) is 4.80. The number of anilines is 2. The molecule has 2 N–H and O–H groups in total. The Bertz CT molecular complexity index is 1250. The van der Waals surface area contributed by atoms with E-state index in [2.05, 4.69) is 64.1 Å². The van der Waals surface area contributed by atoms with Gasteiger partial charge < -0.3 is 20.3 Å². The van der Waals surface area contributed by atoms with Crippen molar-refractivity contribution in [2.24, 2.45) is 0 Å². The Morgan fingerprint density at radius 1 is 0.778 bits per heavy atom. The summed E-state index contributed by atoms with van der Waals surface area (Å²) >= 11 is 0. The van der Waals surface area contributed by atoms with Gasteiger partial charge >= 0.3 is 0 Å². The molecule has 0 amide bonds. The summed E-state index contributed by atoms with van der Waals surface area (Å²) in [5.41, 5.74) is 3.44. The van der Waals surface area contributed by atoms with E-state index in [1.807, 2.05) is 44.4 Å². The molecule has 0 unspecified atom stereocenters. The van der Waals surface area contributed by atoms with E-state index in [9.17, 15) is 0 Å². The van der Waals surface area contributed by atoms with Gasteiger partial charge in [0.05, 0.1) is 5.52 Å². The van der Waals surface area contributed by atoms with Gasteiger partial charge in [0.2, 0.25) is 5.95 Å². The number of benzene rings is 3. The highest BCUT2D eigenvalue weighted by Gasteiger charge is 2.22. The fraction of sp³-hybridized carbons (Fsp3) is 0.333. The molecule has 0 bridgehead atoms. The van der Waals surface area contributed by atoms with E-state index in [0.717, 1.165) is 60.6 Å². The first-order valence-electron chi connectivity index (χ1n) is 12.8. The number of nitrogens with zero attached hydrogens (tertiary/aromatic N) is 3. The third kappa shape index (κ3) is 6.13. The Morgan fingerprint density at radius 3 is 2.22 bits per heavy atom. The lowest BCUT2D eigenvalue weighted by molar-refractivity contribution is 0.306. The normalized spacial score (nSPS) is 17.6. The van der Waals surface area contributed by atoms with Gasteiger partial charge in [-0.2, -0.15) is 4.98 Å². The zero-order valence-corrected chi connectivity index (χ0v) is 21.2. The molecule has 0 saturated heterocycles. The third-order valence-corrected chi connectivity index (χ3v) is 6.83. The maximum absolute atomic E-state index is 5.91. The van der Waals surface area contributed by atoms with Crippen LogP contribution in [0.2, 0.25) is 0 Å². The summed E-state index contributed by atoms with van der Waals surface area (Å²) in [7, 11) is 4.06. The van der Waals surface area contributed by atoms with Crippen LogP contribution in [0.15, 0.2) is 78.9 Å². The Balaban J connectivity index is 1.08. The molecule has 0 aliphatic heterocycles. The molecule has 6 heteroatoms. The van der Waals surface area contributed by atoms with Crippen molar-refractivity contribution >= 4 is 22.7 Å². The summed E-state index contributed by atoms with van der Waals surface area (Å²) in [4.78, 5) is 11.6. The van der Waals surface area contributed by atoms with Crippen LogP contribution in [0, 0.1) is 0 Å². The van der Waals surface area contributed by atoms with Crippen LogP contribution in [-0.2, 0) is 13.2 Å². The number of nitrogens with one attached hydrogen (secondary N) is 2. The molecule has 6 nitrogen and oxygen atoms in total. The first-order valence-corrected chi connectivity index (χ1v) is 12.8. The zero-order valence-electron chi connectivity index (χ0n) is 21.2. The molecule has 0 atom stereocenters. The summed E-state index contributed by atoms with van der Waals surface area (Å²) in [6, 6.07) is 27.8. The van der Waals surface area contributed by atoms with Gasteiger partial charge in [-0.3, -0.25) is 0 Å². The van der Waals surface area contributed by atoms with Gasteiger partial charge in [0.1, 0.15) is 18.2 Å². The van der Waals surface area contributed by atoms with E-state index in [1.54, 1.807) is 0 Å². The zero-order chi connectivity index (χ0) is 24.7. The quantitative estimate of drug-likeness (QED) is 0.316. The molecular weight excluding hydrogens is 446 g/mol. The van der Waals surface area contributed by atoms with Crippen LogP contribution in [0.1, 0.15) is 36.8 Å². The number of para-hydroxylation sites is 1. The molecule has 186 valence electrons. The topological polar surface area (TPSA) is 62.3 Å². The summed E-state index contributed by atoms with van der Waals surface area (Å²) in [6.07, 6.45) is 4.50. The molecular formula is C30H35N5O. The number of ether oxygens (including phenoxy) is 1. The van der Waals surface area contributed by atoms with Gasteiger partial charge in [0, 0.05) is 38.1 Å². The highest BCUT2D eigenvalue weighted by molar-refractivity contribution is 5.90. The van der Waals surface area contributed by atoms with Gasteiger partial charge in [0.15, 0.2) is 0 Å². The van der Waals surface area contributed by atoms with Crippen molar-refractivity contribution in [3.8, 4) is 5.75 Å². The van der Waals surface area contributed by atoms with Crippen LogP contribution < -0.4 is 20.3 Å². The first-order chi connectivity index (χ1) is 17.6. The molecule has 5 rings (SSSR count). The number of hydrogen-bond acceptors (Lipinski definition) is 6. The lowest BCUT2D eigenvalue weighted by Crippen LogP contribution is -2.37. The van der Waals surface area contributed by atoms with Crippen molar-refractivity contribution in [1.29, 1.82) is 0 Å². The maximum Gasteiger partial charge on any atom is 0.225 e. The second-order valence-electron chi connectivity index (χ2n) is 9.77. The van der Waals surface area contributed by atoms with Crippen LogP contribution >= 0.6 is 0 Å². The number of hydrogen-bond donors (Lipinski definition) is 2. The van der Waals surface area contributed by atoms with Gasteiger partial charge in [-0.25, -0.2) is 4.98 Å². The van der Waals surface area contributed by atoms with Crippen LogP contribution in [0.4, 0.5) is 11.8 Å². The minimum Gasteiger partial charge on any atom is -0.489 e. The molecule has 1 heterocycles. The predicted molar refractivity (Wildman–Crippen MR) is 148 cm³/mol. The summed E-state index contributed by atoms with van der Waals surface area (Å²) < 4.78 is 5.91. The van der Waals surface area contributed by atoms with Crippen molar-refractivity contribution < 1.29 is 4.74 Å². The third-order valence-electron chi connectivity index (χ3n) is 6.83. The molecule has 0 radical (unpaired) electrons. The number of rotatable bonds is 9. The molecule has 1 saturated carbocycles. The average Bonchev–Trinajstić information content (AvgIpc) is 2.92. The molecule has 3 aromatic carbocycles. The molecule has 4 aromatic rings. The molecule has 1 fully saturated rings. The summed E-state index contributed by atoms with van der Waals surface area (Å²) in [5, 5.41) is 8.42. The predicted octanol–water partition coefficient (Wildman–Crippen LogP) is 5.79. The Kier molecular flexibility index (Phi) is 7.62. The largest absolute Gasteiger partial charge is 0.489 e. The van der Waals surface area contributed by atoms with Crippen molar-refractivity contribution in [3.05, 3.63) is 90.0 Å². The monoisotopic (exact) mass is 481 g/mol. The van der Waals surface area contributed by atoms with Gasteiger partial charge in [0.25, 0.3) is 0 Å². The second-order valence-corrected chi connectivity index (χ2v) is 9.77. The number of aromatic nitrogens is 2. The minimum absolute atomic E-state index is 0.403. The van der Waals surface area contributed by atoms with Crippen LogP contribution in [0.5, 0.6) is 5.75 Å². The number of fused-ring (bicyclic) bond motifs is 1. The van der Waals surface area contributed by atoms with E-state index < -0.39 is 0 Å². The molecule has 1 aliphatic rings. The Hall–Kier alpha value is -3.64. The lowest BCUT2D eigenvalue weighted by Gasteiger charge is -2.30. The fourth-order valence-electron chi connectivity index (χ4n) is 4.80. The van der Waals surface area contributed by atoms with Gasteiger partial charge in [-0.1, -0.05) is 54.6 Å². The van der Waals surface area contributed by atoms with Crippen molar-refractivity contribution in [2.45, 2.75) is 50.9 Å². The molecule has 1 aromatic heterocycles. The lowest BCUT2D eigenvalue weighted by atomic mass is 9.91. The van der Waals surface area contributed by atoms with Gasteiger partial charge in [-0.05, 0) is 61.1 Å². The molecule has 1 aliphatic carbocycles. The molecule has 0 spiro atoms. The second kappa shape index (κ2) is 11.4. The molecule has 36 heavy (non-hydrogen) atoms. The smallest absolute Gasteiger partial charge is 0.225 e. The Morgan fingerprint density at radius 2 is 1.47 bits per heavy atom. The standard InChI is InChI=1S/C30H35N5O/c1-35(2)29-27-10-6-7-11-28(27)33-30(34-29)32-25-16-14-24(15-17-25)31-20-22-12-18-26(19-13-22)36-21-23-8-4-3-5-9-23/h3-13,18-19,24-25,31H,14-17,20-21H2,1-2H3,(H,32,33,34). The van der Waals surface area contributed by atoms with E-state index in [0.29, 0.717) is 18.7 Å². The summed E-state index contributed by atoms with van der Waals surface area (Å²) in [5.74, 6) is 2.58. The van der Waals surface area contributed by atoms with Crippen molar-refractivity contribution in [2.75, 3.05) is 24.3 Å². The SMILES string of the molecule is CN(C)c1nc(NC2CCC(NCc3ccc(OCc4ccccc4)cc3)CC2)nc2ccccc12. The minimum atomic E-state index is 0.403. The van der Waals surface area contributed by atoms with E-state index in [1.165, 1.54) is 11.1 Å². The van der Waals surface area contributed by atoms with Crippen LogP contribution in [0.3, 0.4) is 0 Å². The van der Waals surface area contributed by atoms with E-state index in [-0.39, 0.29) is 0 Å². The highest BCUT2D eigenvalue weighted by atomic mass is 16.5. The van der Waals surface area contributed by atoms with E-state index in [4.69, 9.17) is 14.7 Å². The first kappa shape index (κ1) is 24.1. The highest BCUT2D eigenvalue weighted by Crippen LogP contribution is 2.26. The average molecular weight is 482 g/mol. The van der Waals surface area contributed by atoms with Crippen molar-refractivity contribution in [1.82, 2.24) is 15.3 Å². The summed E-state index contributed by atoms with van der Waals surface area (Å²) in [6.45, 7) is 1.47. The Labute approximate surface area is 213 Å².